The molecule has 0 atom stereocenters. The molecule has 1 aromatic heterocycles. The van der Waals surface area contributed by atoms with Gasteiger partial charge in [-0.2, -0.15) is 5.26 Å². The quantitative estimate of drug-likeness (QED) is 0.752. The Morgan fingerprint density at radius 3 is 2.53 bits per heavy atom. The number of nitriles is 1. The molecule has 0 aliphatic carbocycles. The van der Waals surface area contributed by atoms with Crippen molar-refractivity contribution < 1.29 is 0 Å². The topological polar surface area (TPSA) is 36.7 Å². The van der Waals surface area contributed by atoms with Crippen LogP contribution in [0.3, 0.4) is 0 Å². The number of pyridine rings is 1. The first-order chi connectivity index (χ1) is 8.26. The summed E-state index contributed by atoms with van der Waals surface area (Å²) in [5.41, 5.74) is 3.73. The fraction of sp³-hybridized carbons (Fsp3) is 0.143. The summed E-state index contributed by atoms with van der Waals surface area (Å²) < 4.78 is 0. The third kappa shape index (κ3) is 2.32. The van der Waals surface area contributed by atoms with E-state index in [1.807, 2.05) is 49.6 Å². The van der Waals surface area contributed by atoms with Crippen LogP contribution in [0.5, 0.6) is 0 Å². The van der Waals surface area contributed by atoms with Crippen LogP contribution in [0.15, 0.2) is 41.4 Å². The van der Waals surface area contributed by atoms with E-state index in [9.17, 15) is 0 Å². The molecule has 84 valence electrons. The van der Waals surface area contributed by atoms with E-state index in [1.54, 1.807) is 0 Å². The van der Waals surface area contributed by atoms with Gasteiger partial charge in [0.1, 0.15) is 11.1 Å². The van der Waals surface area contributed by atoms with E-state index < -0.39 is 0 Å². The molecule has 2 rings (SSSR count). The summed E-state index contributed by atoms with van der Waals surface area (Å²) in [6.07, 6.45) is 1.94. The molecule has 1 aromatic carbocycles. The van der Waals surface area contributed by atoms with Crippen LogP contribution in [0, 0.1) is 18.3 Å². The zero-order chi connectivity index (χ0) is 12.3. The fourth-order valence-corrected chi connectivity index (χ4v) is 2.28. The van der Waals surface area contributed by atoms with Gasteiger partial charge in [0.25, 0.3) is 0 Å². The van der Waals surface area contributed by atoms with Crippen molar-refractivity contribution in [3.8, 4) is 17.2 Å². The number of benzene rings is 1. The highest BCUT2D eigenvalue weighted by Gasteiger charge is 2.09. The Kier molecular flexibility index (Phi) is 3.46. The van der Waals surface area contributed by atoms with E-state index >= 15 is 0 Å². The number of aromatic nitrogens is 1. The van der Waals surface area contributed by atoms with Gasteiger partial charge in [0, 0.05) is 11.3 Å². The molecule has 0 unspecified atom stereocenters. The second kappa shape index (κ2) is 5.03. The summed E-state index contributed by atoms with van der Waals surface area (Å²) in [5.74, 6) is 0. The van der Waals surface area contributed by atoms with E-state index in [-0.39, 0.29) is 0 Å². The van der Waals surface area contributed by atoms with Gasteiger partial charge < -0.3 is 0 Å². The SMILES string of the molecule is CSc1nc(C)c(-c2ccccc2)cc1C#N. The number of aryl methyl sites for hydroxylation is 1. The Bertz CT molecular complexity index is 571. The highest BCUT2D eigenvalue weighted by Crippen LogP contribution is 2.27. The number of rotatable bonds is 2. The number of nitrogens with zero attached hydrogens (tertiary/aromatic N) is 2. The average Bonchev–Trinajstić information content (AvgIpc) is 2.39. The molecule has 0 aliphatic heterocycles. The Hall–Kier alpha value is -1.79. The highest BCUT2D eigenvalue weighted by molar-refractivity contribution is 7.98. The van der Waals surface area contributed by atoms with Crippen molar-refractivity contribution >= 4 is 11.8 Å². The van der Waals surface area contributed by atoms with E-state index in [4.69, 9.17) is 5.26 Å². The van der Waals surface area contributed by atoms with Gasteiger partial charge in [-0.1, -0.05) is 30.3 Å². The first kappa shape index (κ1) is 11.7. The molecule has 2 nitrogen and oxygen atoms in total. The van der Waals surface area contributed by atoms with Crippen LogP contribution in [0.4, 0.5) is 0 Å². The first-order valence-electron chi connectivity index (χ1n) is 5.27. The smallest absolute Gasteiger partial charge is 0.114 e. The average molecular weight is 240 g/mol. The van der Waals surface area contributed by atoms with Gasteiger partial charge in [-0.05, 0) is 24.8 Å². The van der Waals surface area contributed by atoms with Gasteiger partial charge in [0.05, 0.1) is 5.56 Å². The Morgan fingerprint density at radius 2 is 1.94 bits per heavy atom. The van der Waals surface area contributed by atoms with E-state index in [0.717, 1.165) is 21.8 Å². The molecule has 0 N–H and O–H groups in total. The van der Waals surface area contributed by atoms with Gasteiger partial charge in [-0.25, -0.2) is 4.98 Å². The summed E-state index contributed by atoms with van der Waals surface area (Å²) in [6, 6.07) is 14.1. The van der Waals surface area contributed by atoms with Crippen molar-refractivity contribution in [2.75, 3.05) is 6.26 Å². The summed E-state index contributed by atoms with van der Waals surface area (Å²) in [4.78, 5) is 4.48. The second-order valence-electron chi connectivity index (χ2n) is 3.66. The molecule has 0 bridgehead atoms. The van der Waals surface area contributed by atoms with Crippen LogP contribution < -0.4 is 0 Å². The van der Waals surface area contributed by atoms with Crippen molar-refractivity contribution in [3.05, 3.63) is 47.7 Å². The number of hydrogen-bond donors (Lipinski definition) is 0. The van der Waals surface area contributed by atoms with Crippen LogP contribution >= 0.6 is 11.8 Å². The van der Waals surface area contributed by atoms with Crippen molar-refractivity contribution in [2.45, 2.75) is 11.9 Å². The maximum absolute atomic E-state index is 9.11. The predicted molar refractivity (Wildman–Crippen MR) is 70.9 cm³/mol. The van der Waals surface area contributed by atoms with Crippen LogP contribution in [0.25, 0.3) is 11.1 Å². The van der Waals surface area contributed by atoms with Crippen molar-refractivity contribution in [3.63, 3.8) is 0 Å². The van der Waals surface area contributed by atoms with E-state index in [1.165, 1.54) is 11.8 Å². The molecule has 2 aromatic rings. The first-order valence-corrected chi connectivity index (χ1v) is 6.50. The zero-order valence-corrected chi connectivity index (χ0v) is 10.6. The monoisotopic (exact) mass is 240 g/mol. The van der Waals surface area contributed by atoms with Crippen LogP contribution in [-0.4, -0.2) is 11.2 Å². The number of hydrogen-bond acceptors (Lipinski definition) is 3. The summed E-state index contributed by atoms with van der Waals surface area (Å²) >= 11 is 1.50. The zero-order valence-electron chi connectivity index (χ0n) is 9.77. The maximum atomic E-state index is 9.11. The molecule has 0 saturated heterocycles. The molecule has 17 heavy (non-hydrogen) atoms. The summed E-state index contributed by atoms with van der Waals surface area (Å²) in [5, 5.41) is 9.90. The van der Waals surface area contributed by atoms with Gasteiger partial charge >= 0.3 is 0 Å². The lowest BCUT2D eigenvalue weighted by atomic mass is 10.0. The molecule has 0 aliphatic rings. The standard InChI is InChI=1S/C14H12N2S/c1-10-13(11-6-4-3-5-7-11)8-12(9-15)14(16-10)17-2/h3-8H,1-2H3. The molecule has 0 amide bonds. The predicted octanol–water partition coefficient (Wildman–Crippen LogP) is 3.65. The van der Waals surface area contributed by atoms with Gasteiger partial charge in [-0.3, -0.25) is 0 Å². The summed E-state index contributed by atoms with van der Waals surface area (Å²) in [6.45, 7) is 1.98. The Morgan fingerprint density at radius 1 is 1.24 bits per heavy atom. The van der Waals surface area contributed by atoms with Crippen molar-refractivity contribution in [2.24, 2.45) is 0 Å². The molecule has 1 heterocycles. The van der Waals surface area contributed by atoms with Gasteiger partial charge in [-0.15, -0.1) is 11.8 Å². The molecular weight excluding hydrogens is 228 g/mol. The normalized spacial score (nSPS) is 9.94. The van der Waals surface area contributed by atoms with Gasteiger partial charge in [0.15, 0.2) is 0 Å². The number of thioether (sulfide) groups is 1. The lowest BCUT2D eigenvalue weighted by molar-refractivity contribution is 1.05. The minimum absolute atomic E-state index is 0.641. The second-order valence-corrected chi connectivity index (χ2v) is 4.45. The lowest BCUT2D eigenvalue weighted by Gasteiger charge is -2.08. The molecule has 0 fully saturated rings. The summed E-state index contributed by atoms with van der Waals surface area (Å²) in [7, 11) is 0. The minimum Gasteiger partial charge on any atom is -0.245 e. The molecular formula is C14H12N2S. The van der Waals surface area contributed by atoms with Crippen LogP contribution in [0.1, 0.15) is 11.3 Å². The lowest BCUT2D eigenvalue weighted by Crippen LogP contribution is -1.93. The van der Waals surface area contributed by atoms with Gasteiger partial charge in [0.2, 0.25) is 0 Å². The third-order valence-corrected chi connectivity index (χ3v) is 3.27. The molecule has 3 heteroatoms. The Labute approximate surface area is 105 Å². The van der Waals surface area contributed by atoms with Crippen molar-refractivity contribution in [1.82, 2.24) is 4.98 Å². The van der Waals surface area contributed by atoms with Crippen molar-refractivity contribution in [1.29, 1.82) is 5.26 Å². The maximum Gasteiger partial charge on any atom is 0.114 e. The largest absolute Gasteiger partial charge is 0.245 e. The van der Waals surface area contributed by atoms with E-state index in [2.05, 4.69) is 11.1 Å². The molecule has 0 saturated carbocycles. The third-order valence-electron chi connectivity index (χ3n) is 2.58. The van der Waals surface area contributed by atoms with E-state index in [0.29, 0.717) is 5.56 Å². The highest BCUT2D eigenvalue weighted by atomic mass is 32.2. The van der Waals surface area contributed by atoms with Crippen LogP contribution in [-0.2, 0) is 0 Å². The molecule has 0 spiro atoms. The Balaban J connectivity index is 2.61. The molecule has 0 radical (unpaired) electrons. The van der Waals surface area contributed by atoms with Crippen LogP contribution in [0.2, 0.25) is 0 Å². The minimum atomic E-state index is 0.641. The fourth-order valence-electron chi connectivity index (χ4n) is 1.73.